The summed E-state index contributed by atoms with van der Waals surface area (Å²) >= 11 is 4.47. The molecule has 23 heavy (non-hydrogen) atoms. The summed E-state index contributed by atoms with van der Waals surface area (Å²) in [7, 11) is -3.49. The van der Waals surface area contributed by atoms with E-state index < -0.39 is 10.0 Å². The van der Waals surface area contributed by atoms with E-state index in [0.29, 0.717) is 23.0 Å². The molecule has 0 radical (unpaired) electrons. The van der Waals surface area contributed by atoms with Gasteiger partial charge in [0.15, 0.2) is 0 Å². The molecule has 2 aromatic heterocycles. The molecule has 0 saturated carbocycles. The second-order valence-electron chi connectivity index (χ2n) is 5.19. The molecule has 0 unspecified atom stereocenters. The van der Waals surface area contributed by atoms with E-state index in [0.717, 1.165) is 9.48 Å². The summed E-state index contributed by atoms with van der Waals surface area (Å²) in [6.07, 6.45) is 0. The quantitative estimate of drug-likeness (QED) is 0.821. The molecule has 1 amide bonds. The van der Waals surface area contributed by atoms with Crippen LogP contribution in [0.2, 0.25) is 0 Å². The van der Waals surface area contributed by atoms with Crippen LogP contribution in [-0.2, 0) is 10.0 Å². The molecule has 7 nitrogen and oxygen atoms in total. The van der Waals surface area contributed by atoms with Crippen LogP contribution in [0.3, 0.4) is 0 Å². The Balaban J connectivity index is 1.67. The molecule has 0 aromatic carbocycles. The highest BCUT2D eigenvalue weighted by Crippen LogP contribution is 2.29. The lowest BCUT2D eigenvalue weighted by Gasteiger charge is -2.33. The molecule has 1 fully saturated rings. The zero-order chi connectivity index (χ0) is 16.6. The normalized spacial score (nSPS) is 16.7. The first-order valence-electron chi connectivity index (χ1n) is 6.95. The van der Waals surface area contributed by atoms with Crippen LogP contribution in [0.15, 0.2) is 26.2 Å². The number of aromatic amines is 1. The number of carbonyl (C=O) groups is 1. The van der Waals surface area contributed by atoms with Crippen molar-refractivity contribution in [2.75, 3.05) is 26.2 Å². The minimum atomic E-state index is -3.49. The molecule has 124 valence electrons. The van der Waals surface area contributed by atoms with E-state index >= 15 is 0 Å². The van der Waals surface area contributed by atoms with Crippen LogP contribution in [0, 0.1) is 6.92 Å². The summed E-state index contributed by atoms with van der Waals surface area (Å²) in [5.41, 5.74) is 1.18. The molecule has 1 N–H and O–H groups in total. The van der Waals surface area contributed by atoms with Gasteiger partial charge in [-0.15, -0.1) is 11.3 Å². The number of nitrogens with one attached hydrogen (secondary N) is 1. The molecule has 3 heterocycles. The standard InChI is InChI=1S/C13H15BrN4O3S2/c1-9-8-10(16-15-9)13(19)17-4-6-18(7-5-17)23(20,21)12-3-2-11(14)22-12/h2-3,8H,4-7H2,1H3,(H,15,16). The first-order valence-corrected chi connectivity index (χ1v) is 9.99. The van der Waals surface area contributed by atoms with Gasteiger partial charge in [-0.1, -0.05) is 0 Å². The average Bonchev–Trinajstić information content (AvgIpc) is 3.15. The van der Waals surface area contributed by atoms with Crippen molar-refractivity contribution in [1.82, 2.24) is 19.4 Å². The molecular weight excluding hydrogens is 404 g/mol. The molecule has 1 aliphatic rings. The first-order chi connectivity index (χ1) is 10.9. The summed E-state index contributed by atoms with van der Waals surface area (Å²) in [6, 6.07) is 5.00. The number of hydrogen-bond donors (Lipinski definition) is 1. The van der Waals surface area contributed by atoms with Gasteiger partial charge >= 0.3 is 0 Å². The van der Waals surface area contributed by atoms with Crippen LogP contribution in [-0.4, -0.2) is 59.9 Å². The Bertz CT molecular complexity index is 822. The Hall–Kier alpha value is -1.23. The maximum Gasteiger partial charge on any atom is 0.274 e. The number of rotatable bonds is 3. The average molecular weight is 419 g/mol. The van der Waals surface area contributed by atoms with Gasteiger partial charge < -0.3 is 4.90 Å². The highest BCUT2D eigenvalue weighted by Gasteiger charge is 2.31. The van der Waals surface area contributed by atoms with Gasteiger partial charge in [0.1, 0.15) is 9.90 Å². The highest BCUT2D eigenvalue weighted by molar-refractivity contribution is 9.11. The number of nitrogens with zero attached hydrogens (tertiary/aromatic N) is 3. The number of aromatic nitrogens is 2. The zero-order valence-electron chi connectivity index (χ0n) is 12.3. The summed E-state index contributed by atoms with van der Waals surface area (Å²) in [6.45, 7) is 3.11. The van der Waals surface area contributed by atoms with Crippen LogP contribution < -0.4 is 0 Å². The molecule has 10 heteroatoms. The summed E-state index contributed by atoms with van der Waals surface area (Å²) in [5, 5.41) is 6.70. The zero-order valence-corrected chi connectivity index (χ0v) is 15.5. The molecule has 0 aliphatic carbocycles. The largest absolute Gasteiger partial charge is 0.335 e. The fourth-order valence-corrected chi connectivity index (χ4v) is 5.97. The van der Waals surface area contributed by atoms with Crippen molar-refractivity contribution in [2.24, 2.45) is 0 Å². The van der Waals surface area contributed by atoms with Gasteiger partial charge in [0.2, 0.25) is 0 Å². The Morgan fingerprint density at radius 1 is 1.30 bits per heavy atom. The number of amides is 1. The minimum Gasteiger partial charge on any atom is -0.335 e. The van der Waals surface area contributed by atoms with Crippen molar-refractivity contribution < 1.29 is 13.2 Å². The number of hydrogen-bond acceptors (Lipinski definition) is 5. The minimum absolute atomic E-state index is 0.176. The maximum atomic E-state index is 12.5. The van der Waals surface area contributed by atoms with Crippen molar-refractivity contribution >= 4 is 43.2 Å². The molecule has 3 rings (SSSR count). The smallest absolute Gasteiger partial charge is 0.274 e. The van der Waals surface area contributed by atoms with Crippen molar-refractivity contribution in [3.05, 3.63) is 33.4 Å². The van der Waals surface area contributed by atoms with Gasteiger partial charge in [-0.25, -0.2) is 8.42 Å². The Kier molecular flexibility index (Phi) is 4.59. The fourth-order valence-electron chi connectivity index (χ4n) is 2.38. The maximum absolute atomic E-state index is 12.5. The predicted octanol–water partition coefficient (Wildman–Crippen LogP) is 1.69. The van der Waals surface area contributed by atoms with E-state index in [4.69, 9.17) is 0 Å². The van der Waals surface area contributed by atoms with Crippen LogP contribution in [0.5, 0.6) is 0 Å². The van der Waals surface area contributed by atoms with Gasteiger partial charge in [0.05, 0.1) is 3.79 Å². The highest BCUT2D eigenvalue weighted by atomic mass is 79.9. The lowest BCUT2D eigenvalue weighted by molar-refractivity contribution is 0.0692. The van der Waals surface area contributed by atoms with Gasteiger partial charge in [-0.2, -0.15) is 9.40 Å². The molecular formula is C13H15BrN4O3S2. The molecule has 1 aliphatic heterocycles. The number of carbonyl (C=O) groups excluding carboxylic acids is 1. The van der Waals surface area contributed by atoms with Crippen molar-refractivity contribution in [2.45, 2.75) is 11.1 Å². The van der Waals surface area contributed by atoms with Crippen LogP contribution in [0.4, 0.5) is 0 Å². The van der Waals surface area contributed by atoms with Crippen LogP contribution >= 0.6 is 27.3 Å². The number of halogens is 1. The van der Waals surface area contributed by atoms with E-state index in [1.165, 1.54) is 15.6 Å². The third-order valence-electron chi connectivity index (χ3n) is 3.59. The SMILES string of the molecule is Cc1cc(C(=O)N2CCN(S(=O)(=O)c3ccc(Br)s3)CC2)n[nH]1. The van der Waals surface area contributed by atoms with E-state index in [9.17, 15) is 13.2 Å². The van der Waals surface area contributed by atoms with Gasteiger partial charge in [-0.05, 0) is 41.1 Å². The summed E-state index contributed by atoms with van der Waals surface area (Å²) < 4.78 is 27.6. The lowest BCUT2D eigenvalue weighted by Crippen LogP contribution is -2.50. The number of sulfonamides is 1. The number of H-pyrrole nitrogens is 1. The van der Waals surface area contributed by atoms with Crippen LogP contribution in [0.1, 0.15) is 16.2 Å². The Labute approximate surface area is 146 Å². The third-order valence-corrected chi connectivity index (χ3v) is 7.58. The van der Waals surface area contributed by atoms with Crippen molar-refractivity contribution in [1.29, 1.82) is 0 Å². The van der Waals surface area contributed by atoms with Gasteiger partial charge in [-0.3, -0.25) is 9.89 Å². The molecule has 1 saturated heterocycles. The molecule has 0 bridgehead atoms. The molecule has 2 aromatic rings. The summed E-state index contributed by atoms with van der Waals surface area (Å²) in [5.74, 6) is -0.176. The number of piperazine rings is 1. The van der Waals surface area contributed by atoms with E-state index in [2.05, 4.69) is 26.1 Å². The topological polar surface area (TPSA) is 86.4 Å². The molecule has 0 atom stereocenters. The van der Waals surface area contributed by atoms with Crippen molar-refractivity contribution in [3.63, 3.8) is 0 Å². The van der Waals surface area contributed by atoms with E-state index in [1.54, 1.807) is 23.1 Å². The Morgan fingerprint density at radius 2 is 2.00 bits per heavy atom. The second kappa shape index (κ2) is 6.34. The van der Waals surface area contributed by atoms with Crippen molar-refractivity contribution in [3.8, 4) is 0 Å². The first kappa shape index (κ1) is 16.6. The fraction of sp³-hybridized carbons (Fsp3) is 0.385. The lowest BCUT2D eigenvalue weighted by atomic mass is 10.3. The van der Waals surface area contributed by atoms with Gasteiger partial charge in [0, 0.05) is 31.9 Å². The monoisotopic (exact) mass is 418 g/mol. The second-order valence-corrected chi connectivity index (χ2v) is 9.82. The van der Waals surface area contributed by atoms with Gasteiger partial charge in [0.25, 0.3) is 15.9 Å². The van der Waals surface area contributed by atoms with E-state index in [-0.39, 0.29) is 19.0 Å². The number of thiophene rings is 1. The predicted molar refractivity (Wildman–Crippen MR) is 90.0 cm³/mol. The third kappa shape index (κ3) is 3.35. The van der Waals surface area contributed by atoms with E-state index in [1.807, 2.05) is 6.92 Å². The van der Waals surface area contributed by atoms with Crippen LogP contribution in [0.25, 0.3) is 0 Å². The molecule has 0 spiro atoms. The summed E-state index contributed by atoms with van der Waals surface area (Å²) in [4.78, 5) is 13.9. The Morgan fingerprint density at radius 3 is 2.52 bits per heavy atom. The number of aryl methyl sites for hydroxylation is 1.